The van der Waals surface area contributed by atoms with Gasteiger partial charge in [0.15, 0.2) is 16.3 Å². The molecule has 15 heteroatoms. The van der Waals surface area contributed by atoms with E-state index in [0.29, 0.717) is 43.2 Å². The smallest absolute Gasteiger partial charge is 0.339 e. The van der Waals surface area contributed by atoms with Gasteiger partial charge in [-0.3, -0.25) is 19.5 Å². The van der Waals surface area contributed by atoms with Crippen molar-refractivity contribution in [1.29, 1.82) is 0 Å². The number of fused-ring (bicyclic) bond motifs is 1. The zero-order valence-electron chi connectivity index (χ0n) is 27.3. The van der Waals surface area contributed by atoms with Gasteiger partial charge >= 0.3 is 16.1 Å². The lowest BCUT2D eigenvalue weighted by molar-refractivity contribution is -0.384. The fourth-order valence-corrected chi connectivity index (χ4v) is 7.39. The van der Waals surface area contributed by atoms with E-state index in [1.807, 2.05) is 30.3 Å². The van der Waals surface area contributed by atoms with Crippen LogP contribution in [0.4, 0.5) is 5.69 Å². The molecule has 0 aliphatic carbocycles. The Morgan fingerprint density at radius 3 is 2.27 bits per heavy atom. The summed E-state index contributed by atoms with van der Waals surface area (Å²) in [5.41, 5.74) is 1.61. The van der Waals surface area contributed by atoms with Crippen LogP contribution in [0.15, 0.2) is 117 Å². The second-order valence-electron chi connectivity index (χ2n) is 10.9. The van der Waals surface area contributed by atoms with Gasteiger partial charge in [-0.1, -0.05) is 59.9 Å². The summed E-state index contributed by atoms with van der Waals surface area (Å²) >= 11 is 1.12. The Bertz CT molecular complexity index is 2460. The maximum Gasteiger partial charge on any atom is 0.339 e. The molecule has 1 aliphatic rings. The third-order valence-electron chi connectivity index (χ3n) is 7.82. The molecule has 5 aromatic rings. The number of carbonyl (C=O) groups excluding carboxylic acids is 1. The second kappa shape index (κ2) is 14.4. The lowest BCUT2D eigenvalue weighted by atomic mass is 9.93. The number of nitrogens with zero attached hydrogens (tertiary/aromatic N) is 3. The highest BCUT2D eigenvalue weighted by Gasteiger charge is 2.35. The number of carbonyl (C=O) groups is 1. The van der Waals surface area contributed by atoms with E-state index in [1.165, 1.54) is 30.9 Å². The van der Waals surface area contributed by atoms with E-state index < -0.39 is 32.6 Å². The van der Waals surface area contributed by atoms with E-state index in [0.717, 1.165) is 35.6 Å². The molecular weight excluding hydrogens is 699 g/mol. The molecule has 0 saturated heterocycles. The Morgan fingerprint density at radius 1 is 0.961 bits per heavy atom. The number of esters is 1. The van der Waals surface area contributed by atoms with Crippen LogP contribution in [0, 0.1) is 10.1 Å². The van der Waals surface area contributed by atoms with Crippen molar-refractivity contribution in [2.45, 2.75) is 17.9 Å². The summed E-state index contributed by atoms with van der Waals surface area (Å²) in [5.74, 6) is 0.225. The quantitative estimate of drug-likeness (QED) is 0.0811. The number of aromatic nitrogens is 1. The number of hydrogen-bond acceptors (Lipinski definition) is 12. The van der Waals surface area contributed by atoms with Crippen LogP contribution >= 0.6 is 11.3 Å². The van der Waals surface area contributed by atoms with Gasteiger partial charge in [0.25, 0.3) is 11.2 Å². The molecule has 2 heterocycles. The van der Waals surface area contributed by atoms with Crippen molar-refractivity contribution in [2.75, 3.05) is 20.8 Å². The molecule has 260 valence electrons. The first-order chi connectivity index (χ1) is 24.5. The molecular formula is C36H29N3O10S2. The molecule has 0 unspecified atom stereocenters. The highest BCUT2D eigenvalue weighted by molar-refractivity contribution is 7.87. The van der Waals surface area contributed by atoms with Gasteiger partial charge in [0, 0.05) is 17.7 Å². The first-order valence-corrected chi connectivity index (χ1v) is 17.6. The minimum atomic E-state index is -4.28. The minimum absolute atomic E-state index is 0.00741. The first-order valence-electron chi connectivity index (χ1n) is 15.3. The molecule has 6 rings (SSSR count). The molecule has 0 amide bonds. The zero-order valence-corrected chi connectivity index (χ0v) is 29.0. The lowest BCUT2D eigenvalue weighted by Crippen LogP contribution is -2.40. The normalized spacial score (nSPS) is 14.3. The summed E-state index contributed by atoms with van der Waals surface area (Å²) in [6.07, 6.45) is 1.63. The molecule has 51 heavy (non-hydrogen) atoms. The van der Waals surface area contributed by atoms with Gasteiger partial charge in [-0.25, -0.2) is 9.79 Å². The predicted octanol–water partition coefficient (Wildman–Crippen LogP) is 4.63. The first kappa shape index (κ1) is 34.8. The Kier molecular flexibility index (Phi) is 9.84. The number of non-ortho nitro benzene ring substituents is 1. The molecule has 0 N–H and O–H groups in total. The second-order valence-corrected chi connectivity index (χ2v) is 13.5. The van der Waals surface area contributed by atoms with E-state index in [1.54, 1.807) is 43.3 Å². The summed E-state index contributed by atoms with van der Waals surface area (Å²) < 4.78 is 49.0. The molecule has 1 atom stereocenters. The Morgan fingerprint density at radius 2 is 1.65 bits per heavy atom. The van der Waals surface area contributed by atoms with Crippen LogP contribution in [-0.4, -0.2) is 44.7 Å². The molecule has 4 aromatic carbocycles. The van der Waals surface area contributed by atoms with Gasteiger partial charge in [0.05, 0.1) is 47.6 Å². The van der Waals surface area contributed by atoms with Gasteiger partial charge in [-0.05, 0) is 60.5 Å². The minimum Gasteiger partial charge on any atom is -0.493 e. The van der Waals surface area contributed by atoms with E-state index >= 15 is 0 Å². The van der Waals surface area contributed by atoms with Crippen molar-refractivity contribution in [3.63, 3.8) is 0 Å². The van der Waals surface area contributed by atoms with Crippen molar-refractivity contribution >= 4 is 44.9 Å². The van der Waals surface area contributed by atoms with Crippen molar-refractivity contribution in [3.8, 4) is 17.2 Å². The molecule has 0 radical (unpaired) electrons. The largest absolute Gasteiger partial charge is 0.493 e. The van der Waals surface area contributed by atoms with Gasteiger partial charge in [0.1, 0.15) is 10.6 Å². The van der Waals surface area contributed by atoms with Crippen molar-refractivity contribution < 1.29 is 36.5 Å². The van der Waals surface area contributed by atoms with Crippen molar-refractivity contribution in [2.24, 2.45) is 4.99 Å². The number of nitro groups is 1. The average Bonchev–Trinajstić information content (AvgIpc) is 3.45. The van der Waals surface area contributed by atoms with Gasteiger partial charge in [-0.15, -0.1) is 0 Å². The van der Waals surface area contributed by atoms with E-state index in [-0.39, 0.29) is 28.5 Å². The average molecular weight is 728 g/mol. The summed E-state index contributed by atoms with van der Waals surface area (Å²) in [5, 5.41) is 10.9. The van der Waals surface area contributed by atoms with Gasteiger partial charge < -0.3 is 18.4 Å². The highest BCUT2D eigenvalue weighted by Crippen LogP contribution is 2.38. The maximum absolute atomic E-state index is 14.2. The van der Waals surface area contributed by atoms with Gasteiger partial charge in [-0.2, -0.15) is 8.42 Å². The van der Waals surface area contributed by atoms with E-state index in [2.05, 4.69) is 0 Å². The molecule has 0 saturated carbocycles. The van der Waals surface area contributed by atoms with Crippen LogP contribution in [0.5, 0.6) is 17.2 Å². The number of methoxy groups -OCH3 is 2. The number of rotatable bonds is 11. The van der Waals surface area contributed by atoms with E-state index in [4.69, 9.17) is 23.4 Å². The molecule has 0 spiro atoms. The van der Waals surface area contributed by atoms with E-state index in [9.17, 15) is 28.1 Å². The highest BCUT2D eigenvalue weighted by atomic mass is 32.2. The summed E-state index contributed by atoms with van der Waals surface area (Å²) in [7, 11) is -1.28. The van der Waals surface area contributed by atoms with Crippen LogP contribution in [0.3, 0.4) is 0 Å². The molecule has 1 aliphatic heterocycles. The van der Waals surface area contributed by atoms with Crippen LogP contribution in [-0.2, 0) is 19.6 Å². The lowest BCUT2D eigenvalue weighted by Gasteiger charge is -2.26. The third-order valence-corrected chi connectivity index (χ3v) is 10.1. The predicted molar refractivity (Wildman–Crippen MR) is 188 cm³/mol. The van der Waals surface area contributed by atoms with Crippen LogP contribution < -0.4 is 28.5 Å². The number of nitro benzene ring substituents is 1. The Hall–Kier alpha value is -6.06. The van der Waals surface area contributed by atoms with Crippen LogP contribution in [0.25, 0.3) is 11.8 Å². The summed E-state index contributed by atoms with van der Waals surface area (Å²) in [4.78, 5) is 43.2. The van der Waals surface area contributed by atoms with Gasteiger partial charge in [0.2, 0.25) is 0 Å². The van der Waals surface area contributed by atoms with Crippen LogP contribution in [0.1, 0.15) is 29.7 Å². The molecule has 13 nitrogen and oxygen atoms in total. The number of hydrogen-bond donors (Lipinski definition) is 0. The SMILES string of the molecule is CCOC(=O)C1=C(c2ccccc2)N=c2s/c(=C\c3ccc(OS(=O)(=O)c4ccc([N+](=O)[O-])cc4)cc3)c(=O)n2[C@H]1c1ccc(OC)c(OC)c1. The monoisotopic (exact) mass is 727 g/mol. The Balaban J connectivity index is 1.44. The third kappa shape index (κ3) is 7.02. The number of ether oxygens (including phenoxy) is 3. The molecule has 1 aromatic heterocycles. The fraction of sp³-hybridized carbons (Fsp3) is 0.139. The number of benzene rings is 4. The zero-order chi connectivity index (χ0) is 36.3. The Labute approximate surface area is 295 Å². The molecule has 0 bridgehead atoms. The van der Waals surface area contributed by atoms with Crippen molar-refractivity contribution in [3.05, 3.63) is 149 Å². The number of thiazole rings is 1. The fourth-order valence-electron chi connectivity index (χ4n) is 5.46. The topological polar surface area (TPSA) is 166 Å². The van der Waals surface area contributed by atoms with Crippen LogP contribution in [0.2, 0.25) is 0 Å². The standard InChI is InChI=1S/C36H29N3O10S2/c1-4-48-35(41)31-32(23-8-6-5-7-9-23)37-36-38(33(31)24-12-19-28(46-2)29(21-24)47-3)34(40)30(50-36)20-22-10-15-26(16-11-22)49-51(44,45)27-17-13-25(14-18-27)39(42)43/h5-21,33H,4H2,1-3H3/b30-20-/t33-/m0/s1. The summed E-state index contributed by atoms with van der Waals surface area (Å²) in [6, 6.07) is 23.7. The summed E-state index contributed by atoms with van der Waals surface area (Å²) in [6.45, 7) is 1.80. The molecule has 0 fully saturated rings. The van der Waals surface area contributed by atoms with Crippen molar-refractivity contribution in [1.82, 2.24) is 4.57 Å². The maximum atomic E-state index is 14.2.